The van der Waals surface area contributed by atoms with Crippen LogP contribution in [0.4, 0.5) is 5.69 Å². The summed E-state index contributed by atoms with van der Waals surface area (Å²) in [6.07, 6.45) is 1.72. The lowest BCUT2D eigenvalue weighted by Crippen LogP contribution is -2.51. The third-order valence-electron chi connectivity index (χ3n) is 6.82. The molecule has 10 heteroatoms. The number of nitrogens with one attached hydrogen (secondary N) is 1. The molecular formula is C31H38ClN3O5S. The number of aryl methyl sites for hydroxylation is 2. The first-order valence-electron chi connectivity index (χ1n) is 13.5. The van der Waals surface area contributed by atoms with Gasteiger partial charge in [0, 0.05) is 18.1 Å². The van der Waals surface area contributed by atoms with Crippen molar-refractivity contribution < 1.29 is 22.7 Å². The normalized spacial score (nSPS) is 12.0. The van der Waals surface area contributed by atoms with Gasteiger partial charge in [-0.1, -0.05) is 54.8 Å². The average molecular weight is 600 g/mol. The Morgan fingerprint density at radius 1 is 1.00 bits per heavy atom. The maximum atomic E-state index is 14.0. The number of rotatable bonds is 13. The zero-order valence-electron chi connectivity index (χ0n) is 24.2. The van der Waals surface area contributed by atoms with Gasteiger partial charge in [-0.3, -0.25) is 13.9 Å². The summed E-state index contributed by atoms with van der Waals surface area (Å²) in [5.74, 6) is -0.175. The zero-order valence-corrected chi connectivity index (χ0v) is 25.8. The molecule has 1 N–H and O–H groups in total. The molecule has 3 rings (SSSR count). The summed E-state index contributed by atoms with van der Waals surface area (Å²) in [6, 6.07) is 17.6. The van der Waals surface area contributed by atoms with Gasteiger partial charge in [-0.05, 0) is 80.8 Å². The predicted molar refractivity (Wildman–Crippen MR) is 163 cm³/mol. The molecule has 0 aliphatic carbocycles. The number of benzene rings is 3. The number of unbranched alkanes of at least 4 members (excludes halogenated alkanes) is 1. The van der Waals surface area contributed by atoms with Crippen LogP contribution in [0.5, 0.6) is 5.75 Å². The Hall–Kier alpha value is -3.56. The van der Waals surface area contributed by atoms with Crippen molar-refractivity contribution in [1.29, 1.82) is 0 Å². The Balaban J connectivity index is 2.03. The number of sulfonamides is 1. The van der Waals surface area contributed by atoms with Crippen LogP contribution in [0.2, 0.25) is 5.02 Å². The third-order valence-corrected chi connectivity index (χ3v) is 8.83. The fourth-order valence-corrected chi connectivity index (χ4v) is 6.00. The largest absolute Gasteiger partial charge is 0.497 e. The second-order valence-corrected chi connectivity index (χ2v) is 12.2. The number of anilines is 1. The molecule has 220 valence electrons. The van der Waals surface area contributed by atoms with E-state index in [-0.39, 0.29) is 17.3 Å². The van der Waals surface area contributed by atoms with Crippen LogP contribution in [0.25, 0.3) is 0 Å². The minimum Gasteiger partial charge on any atom is -0.497 e. The van der Waals surface area contributed by atoms with E-state index in [1.54, 1.807) is 63.4 Å². The molecule has 41 heavy (non-hydrogen) atoms. The van der Waals surface area contributed by atoms with Crippen LogP contribution < -0.4 is 14.4 Å². The molecule has 0 saturated heterocycles. The van der Waals surface area contributed by atoms with Crippen LogP contribution in [-0.4, -0.2) is 51.4 Å². The molecule has 0 bridgehead atoms. The van der Waals surface area contributed by atoms with E-state index < -0.39 is 28.5 Å². The highest BCUT2D eigenvalue weighted by Crippen LogP contribution is 2.29. The van der Waals surface area contributed by atoms with E-state index in [4.69, 9.17) is 16.3 Å². The minimum atomic E-state index is -4.15. The van der Waals surface area contributed by atoms with Crippen molar-refractivity contribution in [3.8, 4) is 5.75 Å². The van der Waals surface area contributed by atoms with Crippen LogP contribution in [0.15, 0.2) is 71.6 Å². The van der Waals surface area contributed by atoms with Crippen molar-refractivity contribution in [2.75, 3.05) is 24.5 Å². The molecule has 0 fully saturated rings. The van der Waals surface area contributed by atoms with Gasteiger partial charge >= 0.3 is 0 Å². The Morgan fingerprint density at radius 2 is 1.66 bits per heavy atom. The van der Waals surface area contributed by atoms with Gasteiger partial charge in [0.05, 0.1) is 17.7 Å². The van der Waals surface area contributed by atoms with Crippen LogP contribution >= 0.6 is 11.6 Å². The van der Waals surface area contributed by atoms with E-state index >= 15 is 0 Å². The first-order chi connectivity index (χ1) is 19.5. The number of methoxy groups -OCH3 is 1. The molecule has 0 aromatic heterocycles. The second kappa shape index (κ2) is 14.4. The Bertz CT molecular complexity index is 1440. The highest BCUT2D eigenvalue weighted by molar-refractivity contribution is 7.92. The quantitative estimate of drug-likeness (QED) is 0.262. The molecule has 0 saturated carbocycles. The maximum Gasteiger partial charge on any atom is 0.264 e. The standard InChI is InChI=1S/C31H38ClN3O5S/c1-6-7-18-33-31(37)24(4)34(20-25-10-13-27(40-5)14-11-25)30(36)21-35(29-17-12-26(32)19-23(29)3)41(38,39)28-15-8-22(2)9-16-28/h8-17,19,24H,6-7,18,20-21H2,1-5H3,(H,33,37)/t24-/m1/s1. The molecule has 0 aliphatic heterocycles. The molecule has 8 nitrogen and oxygen atoms in total. The lowest BCUT2D eigenvalue weighted by Gasteiger charge is -2.32. The fraction of sp³-hybridized carbons (Fsp3) is 0.355. The molecule has 3 aromatic carbocycles. The number of hydrogen-bond acceptors (Lipinski definition) is 5. The summed E-state index contributed by atoms with van der Waals surface area (Å²) in [5.41, 5.74) is 2.59. The second-order valence-electron chi connectivity index (χ2n) is 9.95. The van der Waals surface area contributed by atoms with Gasteiger partial charge in [0.15, 0.2) is 0 Å². The molecule has 0 aliphatic rings. The van der Waals surface area contributed by atoms with Gasteiger partial charge < -0.3 is 15.0 Å². The number of hydrogen-bond donors (Lipinski definition) is 1. The lowest BCUT2D eigenvalue weighted by molar-refractivity contribution is -0.139. The van der Waals surface area contributed by atoms with E-state index in [1.807, 2.05) is 26.0 Å². The third kappa shape index (κ3) is 8.24. The zero-order chi connectivity index (χ0) is 30.2. The molecule has 2 amide bonds. The van der Waals surface area contributed by atoms with Gasteiger partial charge in [0.2, 0.25) is 11.8 Å². The van der Waals surface area contributed by atoms with Gasteiger partial charge in [-0.25, -0.2) is 8.42 Å². The predicted octanol–water partition coefficient (Wildman–Crippen LogP) is 5.49. The van der Waals surface area contributed by atoms with Gasteiger partial charge in [0.1, 0.15) is 18.3 Å². The number of carbonyl (C=O) groups excluding carboxylic acids is 2. The van der Waals surface area contributed by atoms with Crippen molar-refractivity contribution in [1.82, 2.24) is 10.2 Å². The van der Waals surface area contributed by atoms with Crippen molar-refractivity contribution in [3.05, 3.63) is 88.4 Å². The summed E-state index contributed by atoms with van der Waals surface area (Å²) in [4.78, 5) is 28.6. The van der Waals surface area contributed by atoms with Crippen molar-refractivity contribution in [2.45, 2.75) is 58.0 Å². The molecule has 0 radical (unpaired) electrons. The number of nitrogens with zero attached hydrogens (tertiary/aromatic N) is 2. The minimum absolute atomic E-state index is 0.0531. The summed E-state index contributed by atoms with van der Waals surface area (Å²) < 4.78 is 34.3. The molecule has 3 aromatic rings. The number of halogens is 1. The number of carbonyl (C=O) groups is 2. The molecule has 0 heterocycles. The number of ether oxygens (including phenoxy) is 1. The van der Waals surface area contributed by atoms with Gasteiger partial charge in [0.25, 0.3) is 10.0 Å². The molecular weight excluding hydrogens is 562 g/mol. The average Bonchev–Trinajstić information content (AvgIpc) is 2.95. The molecule has 0 unspecified atom stereocenters. The topological polar surface area (TPSA) is 96.0 Å². The Kier molecular flexibility index (Phi) is 11.2. The molecule has 0 spiro atoms. The Morgan fingerprint density at radius 3 is 2.24 bits per heavy atom. The van der Waals surface area contributed by atoms with Crippen molar-refractivity contribution in [3.63, 3.8) is 0 Å². The van der Waals surface area contributed by atoms with Crippen molar-refractivity contribution >= 4 is 39.1 Å². The molecule has 1 atom stereocenters. The van der Waals surface area contributed by atoms with E-state index in [0.29, 0.717) is 28.6 Å². The van der Waals surface area contributed by atoms with Crippen LogP contribution in [0, 0.1) is 13.8 Å². The van der Waals surface area contributed by atoms with E-state index in [0.717, 1.165) is 28.3 Å². The maximum absolute atomic E-state index is 14.0. The first kappa shape index (κ1) is 32.0. The van der Waals surface area contributed by atoms with Crippen molar-refractivity contribution in [2.24, 2.45) is 0 Å². The van der Waals surface area contributed by atoms with Crippen LogP contribution in [0.1, 0.15) is 43.4 Å². The summed E-state index contributed by atoms with van der Waals surface area (Å²) in [7, 11) is -2.59. The smallest absolute Gasteiger partial charge is 0.264 e. The lowest BCUT2D eigenvalue weighted by atomic mass is 10.1. The fourth-order valence-electron chi connectivity index (χ4n) is 4.30. The summed E-state index contributed by atoms with van der Waals surface area (Å²) in [5, 5.41) is 3.33. The van der Waals surface area contributed by atoms with Crippen LogP contribution in [-0.2, 0) is 26.2 Å². The highest BCUT2D eigenvalue weighted by atomic mass is 35.5. The SMILES string of the molecule is CCCCNC(=O)[C@@H](C)N(Cc1ccc(OC)cc1)C(=O)CN(c1ccc(Cl)cc1C)S(=O)(=O)c1ccc(C)cc1. The Labute approximate surface area is 248 Å². The monoisotopic (exact) mass is 599 g/mol. The van der Waals surface area contributed by atoms with Gasteiger partial charge in [-0.2, -0.15) is 0 Å². The number of amides is 2. The highest BCUT2D eigenvalue weighted by Gasteiger charge is 2.33. The van der Waals surface area contributed by atoms with Gasteiger partial charge in [-0.15, -0.1) is 0 Å². The van der Waals surface area contributed by atoms with E-state index in [2.05, 4.69) is 5.32 Å². The summed E-state index contributed by atoms with van der Waals surface area (Å²) in [6.45, 7) is 7.35. The van der Waals surface area contributed by atoms with E-state index in [1.165, 1.54) is 17.0 Å². The van der Waals surface area contributed by atoms with E-state index in [9.17, 15) is 18.0 Å². The summed E-state index contributed by atoms with van der Waals surface area (Å²) >= 11 is 6.17. The van der Waals surface area contributed by atoms with Crippen LogP contribution in [0.3, 0.4) is 0 Å². The first-order valence-corrected chi connectivity index (χ1v) is 15.4.